The largest absolute Gasteiger partial charge is 0.467 e. The van der Waals surface area contributed by atoms with E-state index in [2.05, 4.69) is 25.6 Å². The number of methoxy groups -OCH3 is 1. The van der Waals surface area contributed by atoms with Crippen LogP contribution in [0.25, 0.3) is 10.9 Å². The SMILES string of the molecule is COC(=O)[C@H](NC(=O)c1nc(NC2CCCCC2N=C(N)N)c2cc(C)ccc2n1)c1ccccc1. The molecule has 10 nitrogen and oxygen atoms in total. The first-order valence-electron chi connectivity index (χ1n) is 11.9. The molecule has 1 aliphatic carbocycles. The predicted octanol–water partition coefficient (Wildman–Crippen LogP) is 2.58. The number of benzene rings is 2. The molecule has 4 rings (SSSR count). The first-order valence-corrected chi connectivity index (χ1v) is 11.9. The first kappa shape index (κ1) is 24.9. The number of nitrogens with zero attached hydrogens (tertiary/aromatic N) is 3. The lowest BCUT2D eigenvalue weighted by Gasteiger charge is -2.30. The second kappa shape index (κ2) is 11.0. The molecule has 1 fully saturated rings. The highest BCUT2D eigenvalue weighted by Gasteiger charge is 2.28. The summed E-state index contributed by atoms with van der Waals surface area (Å²) in [7, 11) is 1.28. The van der Waals surface area contributed by atoms with Crippen molar-refractivity contribution in [2.24, 2.45) is 16.5 Å². The number of carbonyl (C=O) groups excluding carboxylic acids is 2. The van der Waals surface area contributed by atoms with Crippen LogP contribution < -0.4 is 22.1 Å². The molecule has 1 amide bonds. The van der Waals surface area contributed by atoms with Crippen molar-refractivity contribution in [3.05, 3.63) is 65.5 Å². The molecule has 188 valence electrons. The third-order valence-corrected chi connectivity index (χ3v) is 6.27. The number of carbonyl (C=O) groups is 2. The summed E-state index contributed by atoms with van der Waals surface area (Å²) in [6.07, 6.45) is 3.77. The highest BCUT2D eigenvalue weighted by Crippen LogP contribution is 2.28. The van der Waals surface area contributed by atoms with Crippen molar-refractivity contribution < 1.29 is 14.3 Å². The Morgan fingerprint density at radius 2 is 1.83 bits per heavy atom. The van der Waals surface area contributed by atoms with Gasteiger partial charge in [0.05, 0.1) is 24.7 Å². The molecule has 1 heterocycles. The van der Waals surface area contributed by atoms with E-state index in [1.165, 1.54) is 7.11 Å². The van der Waals surface area contributed by atoms with Crippen molar-refractivity contribution >= 4 is 34.6 Å². The van der Waals surface area contributed by atoms with E-state index >= 15 is 0 Å². The number of hydrogen-bond acceptors (Lipinski definition) is 7. The molecule has 1 saturated carbocycles. The van der Waals surface area contributed by atoms with Crippen LogP contribution in [0.5, 0.6) is 0 Å². The minimum atomic E-state index is -0.998. The van der Waals surface area contributed by atoms with Gasteiger partial charge in [-0.05, 0) is 37.5 Å². The van der Waals surface area contributed by atoms with E-state index in [0.29, 0.717) is 16.9 Å². The standard InChI is InChI=1S/C26H31N7O3/c1-15-12-13-18-17(14-15)22(30-19-10-6-7-11-20(19)31-26(27)28)33-23(29-18)24(34)32-21(25(35)36-2)16-8-4-3-5-9-16/h3-5,8-9,12-14,19-21H,6-7,10-11H2,1-2H3,(H,32,34)(H4,27,28,31)(H,29,30,33)/t19?,20?,21-/m1/s1. The molecular formula is C26H31N7O3. The topological polar surface area (TPSA) is 158 Å². The molecule has 6 N–H and O–H groups in total. The van der Waals surface area contributed by atoms with Gasteiger partial charge in [-0.1, -0.05) is 54.8 Å². The second-order valence-corrected chi connectivity index (χ2v) is 8.91. The molecule has 0 aliphatic heterocycles. The summed E-state index contributed by atoms with van der Waals surface area (Å²) in [5.74, 6) is -0.679. The minimum Gasteiger partial charge on any atom is -0.467 e. The minimum absolute atomic E-state index is 0.0481. The van der Waals surface area contributed by atoms with Crippen molar-refractivity contribution in [3.63, 3.8) is 0 Å². The van der Waals surface area contributed by atoms with Crippen LogP contribution in [0.15, 0.2) is 53.5 Å². The van der Waals surface area contributed by atoms with Crippen molar-refractivity contribution in [1.29, 1.82) is 0 Å². The van der Waals surface area contributed by atoms with E-state index in [0.717, 1.165) is 36.6 Å². The number of fused-ring (bicyclic) bond motifs is 1. The van der Waals surface area contributed by atoms with Crippen LogP contribution in [0.4, 0.5) is 5.82 Å². The van der Waals surface area contributed by atoms with Crippen LogP contribution >= 0.6 is 0 Å². The molecule has 3 aromatic rings. The number of nitrogens with one attached hydrogen (secondary N) is 2. The number of rotatable bonds is 7. The highest BCUT2D eigenvalue weighted by atomic mass is 16.5. The second-order valence-electron chi connectivity index (χ2n) is 8.91. The van der Waals surface area contributed by atoms with E-state index in [1.54, 1.807) is 24.3 Å². The summed E-state index contributed by atoms with van der Waals surface area (Å²) in [5.41, 5.74) is 13.6. The Bertz CT molecular complexity index is 1280. The molecule has 0 saturated heterocycles. The van der Waals surface area contributed by atoms with Crippen LogP contribution in [0.1, 0.15) is 53.5 Å². The number of guanidine groups is 1. The Kier molecular flexibility index (Phi) is 7.62. The Balaban J connectivity index is 1.69. The summed E-state index contributed by atoms with van der Waals surface area (Å²) < 4.78 is 4.91. The van der Waals surface area contributed by atoms with Gasteiger partial charge in [-0.2, -0.15) is 0 Å². The van der Waals surface area contributed by atoms with E-state index in [1.807, 2.05) is 31.2 Å². The number of anilines is 1. The fraction of sp³-hybridized carbons (Fsp3) is 0.346. The number of hydrogen-bond donors (Lipinski definition) is 4. The van der Waals surface area contributed by atoms with Crippen molar-refractivity contribution in [2.75, 3.05) is 12.4 Å². The number of esters is 1. The summed E-state index contributed by atoms with van der Waals surface area (Å²) >= 11 is 0. The zero-order chi connectivity index (χ0) is 25.7. The van der Waals surface area contributed by atoms with Gasteiger partial charge in [-0.15, -0.1) is 0 Å². The number of aliphatic imine (C=N–C) groups is 1. The van der Waals surface area contributed by atoms with Crippen LogP contribution in [0.2, 0.25) is 0 Å². The maximum Gasteiger partial charge on any atom is 0.333 e. The normalized spacial score (nSPS) is 18.2. The lowest BCUT2D eigenvalue weighted by molar-refractivity contribution is -0.143. The molecule has 0 bridgehead atoms. The fourth-order valence-corrected chi connectivity index (χ4v) is 4.49. The molecule has 10 heteroatoms. The van der Waals surface area contributed by atoms with Gasteiger partial charge in [-0.3, -0.25) is 4.79 Å². The van der Waals surface area contributed by atoms with Gasteiger partial charge in [-0.25, -0.2) is 19.8 Å². The van der Waals surface area contributed by atoms with E-state index < -0.39 is 17.9 Å². The smallest absolute Gasteiger partial charge is 0.333 e. The third kappa shape index (κ3) is 5.70. The highest BCUT2D eigenvalue weighted by molar-refractivity contribution is 5.98. The lowest BCUT2D eigenvalue weighted by atomic mass is 9.90. The zero-order valence-electron chi connectivity index (χ0n) is 20.4. The van der Waals surface area contributed by atoms with Gasteiger partial charge in [0.15, 0.2) is 12.0 Å². The lowest BCUT2D eigenvalue weighted by Crippen LogP contribution is -2.39. The maximum atomic E-state index is 13.3. The summed E-state index contributed by atoms with van der Waals surface area (Å²) in [4.78, 5) is 39.2. The molecule has 1 aromatic heterocycles. The monoisotopic (exact) mass is 489 g/mol. The Morgan fingerprint density at radius 1 is 1.08 bits per heavy atom. The molecule has 0 spiro atoms. The summed E-state index contributed by atoms with van der Waals surface area (Å²) in [5, 5.41) is 6.99. The quantitative estimate of drug-likeness (QED) is 0.224. The number of aryl methyl sites for hydroxylation is 1. The van der Waals surface area contributed by atoms with Crippen LogP contribution in [-0.2, 0) is 9.53 Å². The predicted molar refractivity (Wildman–Crippen MR) is 138 cm³/mol. The number of amides is 1. The van der Waals surface area contributed by atoms with Gasteiger partial charge >= 0.3 is 5.97 Å². The van der Waals surface area contributed by atoms with Crippen LogP contribution in [-0.4, -0.2) is 47.0 Å². The van der Waals surface area contributed by atoms with E-state index in [4.69, 9.17) is 16.2 Å². The van der Waals surface area contributed by atoms with Crippen LogP contribution in [0, 0.1) is 6.92 Å². The van der Waals surface area contributed by atoms with Gasteiger partial charge in [0, 0.05) is 5.39 Å². The Morgan fingerprint density at radius 3 is 2.56 bits per heavy atom. The Labute approximate surface area is 209 Å². The third-order valence-electron chi connectivity index (χ3n) is 6.27. The van der Waals surface area contributed by atoms with E-state index in [-0.39, 0.29) is 23.9 Å². The number of ether oxygens (including phenoxy) is 1. The molecule has 36 heavy (non-hydrogen) atoms. The van der Waals surface area contributed by atoms with Crippen molar-refractivity contribution in [1.82, 2.24) is 15.3 Å². The molecule has 1 aliphatic rings. The van der Waals surface area contributed by atoms with E-state index in [9.17, 15) is 9.59 Å². The zero-order valence-corrected chi connectivity index (χ0v) is 20.4. The maximum absolute atomic E-state index is 13.3. The Hall–Kier alpha value is -4.21. The van der Waals surface area contributed by atoms with Crippen molar-refractivity contribution in [3.8, 4) is 0 Å². The van der Waals surface area contributed by atoms with Crippen LogP contribution in [0.3, 0.4) is 0 Å². The summed E-state index contributed by atoms with van der Waals surface area (Å²) in [6, 6.07) is 13.5. The molecule has 2 aromatic carbocycles. The fourth-order valence-electron chi connectivity index (χ4n) is 4.49. The molecular weight excluding hydrogens is 458 g/mol. The average molecular weight is 490 g/mol. The average Bonchev–Trinajstić information content (AvgIpc) is 2.88. The molecule has 3 atom stereocenters. The summed E-state index contributed by atoms with van der Waals surface area (Å²) in [6.45, 7) is 1.98. The van der Waals surface area contributed by atoms with Gasteiger partial charge in [0.2, 0.25) is 5.82 Å². The first-order chi connectivity index (χ1) is 17.4. The van der Waals surface area contributed by atoms with Gasteiger partial charge in [0.25, 0.3) is 5.91 Å². The van der Waals surface area contributed by atoms with Gasteiger partial charge < -0.3 is 26.8 Å². The molecule has 2 unspecified atom stereocenters. The van der Waals surface area contributed by atoms with Gasteiger partial charge in [0.1, 0.15) is 5.82 Å². The number of nitrogens with two attached hydrogens (primary N) is 2. The molecule has 0 radical (unpaired) electrons. The number of aromatic nitrogens is 2. The van der Waals surface area contributed by atoms with Crippen molar-refractivity contribution in [2.45, 2.75) is 50.7 Å².